The normalized spacial score (nSPS) is 15.1. The highest BCUT2D eigenvalue weighted by molar-refractivity contribution is 5.30. The largest absolute Gasteiger partial charge is 0.494 e. The van der Waals surface area contributed by atoms with Gasteiger partial charge in [-0.1, -0.05) is 6.07 Å². The van der Waals surface area contributed by atoms with Gasteiger partial charge in [-0.15, -0.1) is 0 Å². The molecule has 0 saturated carbocycles. The topological polar surface area (TPSA) is 21.3 Å². The molecule has 2 nitrogen and oxygen atoms in total. The quantitative estimate of drug-likeness (QED) is 0.827. The van der Waals surface area contributed by atoms with Gasteiger partial charge in [0.25, 0.3) is 0 Å². The van der Waals surface area contributed by atoms with Crippen LogP contribution in [0.15, 0.2) is 18.2 Å². The van der Waals surface area contributed by atoms with E-state index in [0.717, 1.165) is 0 Å². The molecule has 6 heteroatoms. The second-order valence-electron chi connectivity index (χ2n) is 4.50. The predicted octanol–water partition coefficient (Wildman–Crippen LogP) is 3.83. The molecule has 19 heavy (non-hydrogen) atoms. The minimum absolute atomic E-state index is 0.110. The Morgan fingerprint density at radius 1 is 1.26 bits per heavy atom. The third-order valence-electron chi connectivity index (χ3n) is 2.75. The molecule has 1 N–H and O–H groups in total. The van der Waals surface area contributed by atoms with Crippen LogP contribution < -0.4 is 10.1 Å². The van der Waals surface area contributed by atoms with Gasteiger partial charge in [-0.3, -0.25) is 0 Å². The summed E-state index contributed by atoms with van der Waals surface area (Å²) in [4.78, 5) is 0. The molecule has 0 spiro atoms. The maximum absolute atomic E-state index is 13.5. The van der Waals surface area contributed by atoms with Gasteiger partial charge in [-0.2, -0.15) is 13.2 Å². The fourth-order valence-corrected chi connectivity index (χ4v) is 1.88. The Morgan fingerprint density at radius 2 is 1.89 bits per heavy atom. The Balaban J connectivity index is 2.68. The molecule has 0 heterocycles. The highest BCUT2D eigenvalue weighted by Gasteiger charge is 2.30. The van der Waals surface area contributed by atoms with E-state index in [0.29, 0.717) is 5.56 Å². The van der Waals surface area contributed by atoms with Gasteiger partial charge in [0, 0.05) is 12.1 Å². The summed E-state index contributed by atoms with van der Waals surface area (Å²) in [6.45, 7) is 3.14. The average Bonchev–Trinajstić information content (AvgIpc) is 2.26. The van der Waals surface area contributed by atoms with Gasteiger partial charge in [0.2, 0.25) is 0 Å². The number of halogens is 4. The lowest BCUT2D eigenvalue weighted by Gasteiger charge is -2.21. The molecule has 108 valence electrons. The first kappa shape index (κ1) is 15.8. The number of rotatable bonds is 5. The summed E-state index contributed by atoms with van der Waals surface area (Å²) in [5.74, 6) is -0.420. The number of hydrogen-bond acceptors (Lipinski definition) is 2. The van der Waals surface area contributed by atoms with Crippen molar-refractivity contribution in [2.24, 2.45) is 0 Å². The van der Waals surface area contributed by atoms with Gasteiger partial charge < -0.3 is 10.1 Å². The SMILES string of the molecule is COc1ccc(C(C)NC(C)CC(F)(F)F)cc1F. The van der Waals surface area contributed by atoms with E-state index in [2.05, 4.69) is 5.32 Å². The van der Waals surface area contributed by atoms with Crippen molar-refractivity contribution >= 4 is 0 Å². The first-order valence-corrected chi connectivity index (χ1v) is 5.89. The van der Waals surface area contributed by atoms with Crippen LogP contribution in [0.1, 0.15) is 31.9 Å². The molecular formula is C13H17F4NO. The van der Waals surface area contributed by atoms with Crippen LogP contribution in [-0.4, -0.2) is 19.3 Å². The van der Waals surface area contributed by atoms with Gasteiger partial charge in [0.05, 0.1) is 13.5 Å². The third kappa shape index (κ3) is 5.06. The summed E-state index contributed by atoms with van der Waals surface area (Å²) in [6, 6.07) is 3.23. The monoisotopic (exact) mass is 279 g/mol. The van der Waals surface area contributed by atoms with Crippen LogP contribution in [-0.2, 0) is 0 Å². The fourth-order valence-electron chi connectivity index (χ4n) is 1.88. The van der Waals surface area contributed by atoms with Crippen molar-refractivity contribution in [3.8, 4) is 5.75 Å². The van der Waals surface area contributed by atoms with Crippen LogP contribution in [0.3, 0.4) is 0 Å². The molecule has 0 aliphatic carbocycles. The number of nitrogens with one attached hydrogen (secondary N) is 1. The Kier molecular flexibility index (Phi) is 5.17. The number of alkyl halides is 3. The Bertz CT molecular complexity index is 420. The van der Waals surface area contributed by atoms with Gasteiger partial charge >= 0.3 is 6.18 Å². The van der Waals surface area contributed by atoms with E-state index in [4.69, 9.17) is 4.74 Å². The predicted molar refractivity (Wildman–Crippen MR) is 64.6 cm³/mol. The van der Waals surface area contributed by atoms with Crippen molar-refractivity contribution < 1.29 is 22.3 Å². The smallest absolute Gasteiger partial charge is 0.390 e. The summed E-state index contributed by atoms with van der Waals surface area (Å²) in [5, 5.41) is 2.79. The number of methoxy groups -OCH3 is 1. The zero-order valence-corrected chi connectivity index (χ0v) is 11.0. The van der Waals surface area contributed by atoms with E-state index in [1.54, 1.807) is 13.0 Å². The van der Waals surface area contributed by atoms with Crippen molar-refractivity contribution in [3.63, 3.8) is 0 Å². The van der Waals surface area contributed by atoms with Crippen LogP contribution >= 0.6 is 0 Å². The maximum Gasteiger partial charge on any atom is 0.390 e. The lowest BCUT2D eigenvalue weighted by Crippen LogP contribution is -2.33. The standard InChI is InChI=1S/C13H17F4NO/c1-8(7-13(15,16)17)18-9(2)10-4-5-12(19-3)11(14)6-10/h4-6,8-9,18H,7H2,1-3H3. The molecule has 0 aromatic heterocycles. The maximum atomic E-state index is 13.5. The molecule has 0 aliphatic rings. The Hall–Kier alpha value is -1.30. The summed E-state index contributed by atoms with van der Waals surface area (Å²) in [7, 11) is 1.35. The number of ether oxygens (including phenoxy) is 1. The minimum Gasteiger partial charge on any atom is -0.494 e. The first-order chi connectivity index (χ1) is 8.73. The number of benzene rings is 1. The first-order valence-electron chi connectivity index (χ1n) is 5.89. The van der Waals surface area contributed by atoms with Gasteiger partial charge in [0.15, 0.2) is 11.6 Å². The zero-order valence-electron chi connectivity index (χ0n) is 11.0. The van der Waals surface area contributed by atoms with Gasteiger partial charge in [-0.05, 0) is 31.5 Å². The van der Waals surface area contributed by atoms with Crippen LogP contribution in [0, 0.1) is 5.82 Å². The lowest BCUT2D eigenvalue weighted by molar-refractivity contribution is -0.139. The van der Waals surface area contributed by atoms with E-state index >= 15 is 0 Å². The van der Waals surface area contributed by atoms with Crippen molar-refractivity contribution in [1.82, 2.24) is 5.32 Å². The third-order valence-corrected chi connectivity index (χ3v) is 2.75. The molecule has 0 radical (unpaired) electrons. The Morgan fingerprint density at radius 3 is 2.37 bits per heavy atom. The lowest BCUT2D eigenvalue weighted by atomic mass is 10.1. The Labute approximate surface area is 109 Å². The summed E-state index contributed by atoms with van der Waals surface area (Å²) in [5.41, 5.74) is 0.576. The molecule has 2 atom stereocenters. The van der Waals surface area contributed by atoms with Crippen molar-refractivity contribution in [2.75, 3.05) is 7.11 Å². The van der Waals surface area contributed by atoms with E-state index < -0.39 is 24.5 Å². The number of hydrogen-bond donors (Lipinski definition) is 1. The fraction of sp³-hybridized carbons (Fsp3) is 0.538. The molecule has 1 aromatic rings. The van der Waals surface area contributed by atoms with Crippen molar-refractivity contribution in [1.29, 1.82) is 0 Å². The average molecular weight is 279 g/mol. The molecular weight excluding hydrogens is 262 g/mol. The van der Waals surface area contributed by atoms with Crippen LogP contribution in [0.5, 0.6) is 5.75 Å². The molecule has 0 fully saturated rings. The zero-order chi connectivity index (χ0) is 14.6. The summed E-state index contributed by atoms with van der Waals surface area (Å²) < 4.78 is 54.9. The highest BCUT2D eigenvalue weighted by atomic mass is 19.4. The molecule has 0 aliphatic heterocycles. The van der Waals surface area contributed by atoms with Gasteiger partial charge in [0.1, 0.15) is 0 Å². The molecule has 0 amide bonds. The van der Waals surface area contributed by atoms with Crippen LogP contribution in [0.4, 0.5) is 17.6 Å². The summed E-state index contributed by atoms with van der Waals surface area (Å²) in [6.07, 6.45) is -5.13. The van der Waals surface area contributed by atoms with Crippen molar-refractivity contribution in [3.05, 3.63) is 29.6 Å². The summed E-state index contributed by atoms with van der Waals surface area (Å²) >= 11 is 0. The van der Waals surface area contributed by atoms with E-state index in [1.807, 2.05) is 0 Å². The highest BCUT2D eigenvalue weighted by Crippen LogP contribution is 2.25. The van der Waals surface area contributed by atoms with Crippen molar-refractivity contribution in [2.45, 2.75) is 38.5 Å². The molecule has 0 saturated heterocycles. The van der Waals surface area contributed by atoms with Gasteiger partial charge in [-0.25, -0.2) is 4.39 Å². The molecule has 1 rings (SSSR count). The second kappa shape index (κ2) is 6.23. The van der Waals surface area contributed by atoms with E-state index in [1.165, 1.54) is 26.2 Å². The van der Waals surface area contributed by atoms with E-state index in [9.17, 15) is 17.6 Å². The molecule has 1 aromatic carbocycles. The van der Waals surface area contributed by atoms with Crippen LogP contribution in [0.2, 0.25) is 0 Å². The minimum atomic E-state index is -4.21. The second-order valence-corrected chi connectivity index (χ2v) is 4.50. The molecule has 2 unspecified atom stereocenters. The van der Waals surface area contributed by atoms with E-state index in [-0.39, 0.29) is 11.8 Å². The van der Waals surface area contributed by atoms with Crippen LogP contribution in [0.25, 0.3) is 0 Å². The molecule has 0 bridgehead atoms.